The summed E-state index contributed by atoms with van der Waals surface area (Å²) in [5.41, 5.74) is 1.90. The monoisotopic (exact) mass is 238 g/mol. The molecule has 4 nitrogen and oxygen atoms in total. The third-order valence-electron chi connectivity index (χ3n) is 3.00. The molecule has 88 valence electrons. The Bertz CT molecular complexity index is 623. The molecule has 1 aliphatic rings. The highest BCUT2D eigenvalue weighted by Crippen LogP contribution is 2.34. The minimum absolute atomic E-state index is 0.217. The van der Waals surface area contributed by atoms with E-state index >= 15 is 0 Å². The molecule has 0 bridgehead atoms. The molecule has 1 aliphatic heterocycles. The van der Waals surface area contributed by atoms with Crippen LogP contribution in [0.15, 0.2) is 48.8 Å². The number of carbonyl (C=O) groups is 2. The molecule has 0 saturated heterocycles. The zero-order chi connectivity index (χ0) is 12.5. The molecule has 18 heavy (non-hydrogen) atoms. The van der Waals surface area contributed by atoms with Crippen molar-refractivity contribution in [1.82, 2.24) is 4.98 Å². The van der Waals surface area contributed by atoms with Gasteiger partial charge in [0.25, 0.3) is 0 Å². The van der Waals surface area contributed by atoms with Crippen molar-refractivity contribution in [2.45, 2.75) is 5.92 Å². The van der Waals surface area contributed by atoms with Crippen LogP contribution >= 0.6 is 0 Å². The third-order valence-corrected chi connectivity index (χ3v) is 3.00. The fourth-order valence-electron chi connectivity index (χ4n) is 2.14. The Labute approximate surface area is 104 Å². The molecule has 1 aromatic heterocycles. The summed E-state index contributed by atoms with van der Waals surface area (Å²) in [5, 5.41) is 2.72. The predicted octanol–water partition coefficient (Wildman–Crippen LogP) is 2.00. The number of hydrogen-bond acceptors (Lipinski definition) is 3. The van der Waals surface area contributed by atoms with E-state index in [9.17, 15) is 9.59 Å². The Morgan fingerprint density at radius 3 is 2.78 bits per heavy atom. The first-order valence-corrected chi connectivity index (χ1v) is 5.61. The molecule has 0 radical (unpaired) electrons. The first-order chi connectivity index (χ1) is 8.77. The molecule has 3 rings (SSSR count). The molecule has 1 aromatic carbocycles. The first-order valence-electron chi connectivity index (χ1n) is 5.61. The first kappa shape index (κ1) is 10.7. The largest absolute Gasteiger partial charge is 0.325 e. The summed E-state index contributed by atoms with van der Waals surface area (Å²) in [5.74, 6) is -1.25. The Morgan fingerprint density at radius 2 is 2.00 bits per heavy atom. The maximum absolute atomic E-state index is 12.3. The third kappa shape index (κ3) is 1.59. The van der Waals surface area contributed by atoms with Gasteiger partial charge in [0.2, 0.25) is 5.91 Å². The average molecular weight is 238 g/mol. The van der Waals surface area contributed by atoms with Gasteiger partial charge in [0.15, 0.2) is 5.78 Å². The highest BCUT2D eigenvalue weighted by molar-refractivity contribution is 6.21. The number of aromatic nitrogens is 1. The number of carbonyl (C=O) groups excluding carboxylic acids is 2. The van der Waals surface area contributed by atoms with Gasteiger partial charge in [0, 0.05) is 23.6 Å². The minimum atomic E-state index is -0.759. The van der Waals surface area contributed by atoms with Crippen LogP contribution in [0.2, 0.25) is 0 Å². The molecule has 2 heterocycles. The molecule has 0 aliphatic carbocycles. The Hall–Kier alpha value is -2.49. The van der Waals surface area contributed by atoms with Crippen LogP contribution in [0.5, 0.6) is 0 Å². The number of amides is 1. The van der Waals surface area contributed by atoms with Crippen molar-refractivity contribution in [3.63, 3.8) is 0 Å². The number of ketones is 1. The molecule has 0 saturated carbocycles. The topological polar surface area (TPSA) is 59.1 Å². The Balaban J connectivity index is 2.03. The highest BCUT2D eigenvalue weighted by Gasteiger charge is 2.36. The quantitative estimate of drug-likeness (QED) is 0.643. The van der Waals surface area contributed by atoms with Crippen LogP contribution in [0.3, 0.4) is 0 Å². The molecule has 1 amide bonds. The second kappa shape index (κ2) is 4.07. The van der Waals surface area contributed by atoms with E-state index in [4.69, 9.17) is 0 Å². The van der Waals surface area contributed by atoms with E-state index < -0.39 is 5.92 Å². The second-order valence-corrected chi connectivity index (χ2v) is 4.12. The van der Waals surface area contributed by atoms with Gasteiger partial charge in [0.05, 0.1) is 0 Å². The SMILES string of the molecule is O=C1Nc2ccccc2C1C(=O)c1cccnc1. The van der Waals surface area contributed by atoms with Crippen molar-refractivity contribution in [1.29, 1.82) is 0 Å². The van der Waals surface area contributed by atoms with E-state index in [1.165, 1.54) is 6.20 Å². The van der Waals surface area contributed by atoms with E-state index in [1.807, 2.05) is 12.1 Å². The summed E-state index contributed by atoms with van der Waals surface area (Å²) in [4.78, 5) is 28.1. The van der Waals surface area contributed by atoms with Gasteiger partial charge in [-0.15, -0.1) is 0 Å². The van der Waals surface area contributed by atoms with Gasteiger partial charge >= 0.3 is 0 Å². The van der Waals surface area contributed by atoms with Gasteiger partial charge in [-0.2, -0.15) is 0 Å². The van der Waals surface area contributed by atoms with Crippen molar-refractivity contribution in [2.24, 2.45) is 0 Å². The summed E-state index contributed by atoms with van der Waals surface area (Å²) >= 11 is 0. The second-order valence-electron chi connectivity index (χ2n) is 4.12. The summed E-state index contributed by atoms with van der Waals surface area (Å²) in [6.45, 7) is 0. The van der Waals surface area contributed by atoms with Gasteiger partial charge in [0.1, 0.15) is 5.92 Å². The van der Waals surface area contributed by atoms with Crippen molar-refractivity contribution < 1.29 is 9.59 Å². The number of benzene rings is 1. The van der Waals surface area contributed by atoms with Crippen LogP contribution in [0.1, 0.15) is 21.8 Å². The molecular formula is C14H10N2O2. The molecule has 4 heteroatoms. The van der Waals surface area contributed by atoms with Crippen LogP contribution in [-0.2, 0) is 4.79 Å². The van der Waals surface area contributed by atoms with Gasteiger partial charge < -0.3 is 5.32 Å². The van der Waals surface area contributed by atoms with Crippen LogP contribution in [0.4, 0.5) is 5.69 Å². The number of pyridine rings is 1. The smallest absolute Gasteiger partial charge is 0.239 e. The van der Waals surface area contributed by atoms with Crippen LogP contribution < -0.4 is 5.32 Å². The van der Waals surface area contributed by atoms with Crippen molar-refractivity contribution in [3.8, 4) is 0 Å². The van der Waals surface area contributed by atoms with Crippen LogP contribution in [0, 0.1) is 0 Å². The predicted molar refractivity (Wildman–Crippen MR) is 66.4 cm³/mol. The fourth-order valence-corrected chi connectivity index (χ4v) is 2.14. The Morgan fingerprint density at radius 1 is 1.17 bits per heavy atom. The molecule has 1 N–H and O–H groups in total. The molecule has 0 fully saturated rings. The van der Waals surface area contributed by atoms with E-state index in [0.29, 0.717) is 11.3 Å². The van der Waals surface area contributed by atoms with Gasteiger partial charge in [-0.05, 0) is 23.8 Å². The minimum Gasteiger partial charge on any atom is -0.325 e. The number of nitrogens with one attached hydrogen (secondary N) is 1. The number of fused-ring (bicyclic) bond motifs is 1. The average Bonchev–Trinajstić information content (AvgIpc) is 2.75. The fraction of sp³-hybridized carbons (Fsp3) is 0.0714. The number of anilines is 1. The lowest BCUT2D eigenvalue weighted by atomic mass is 9.92. The van der Waals surface area contributed by atoms with E-state index in [2.05, 4.69) is 10.3 Å². The molecule has 1 atom stereocenters. The zero-order valence-corrected chi connectivity index (χ0v) is 9.46. The van der Waals surface area contributed by atoms with Gasteiger partial charge in [-0.3, -0.25) is 14.6 Å². The zero-order valence-electron chi connectivity index (χ0n) is 9.46. The summed E-state index contributed by atoms with van der Waals surface area (Å²) in [6, 6.07) is 10.6. The number of nitrogens with zero attached hydrogens (tertiary/aromatic N) is 1. The van der Waals surface area contributed by atoms with Crippen LogP contribution in [-0.4, -0.2) is 16.7 Å². The summed E-state index contributed by atoms with van der Waals surface area (Å²) in [7, 11) is 0. The maximum Gasteiger partial charge on any atom is 0.239 e. The molecular weight excluding hydrogens is 228 g/mol. The summed E-state index contributed by atoms with van der Waals surface area (Å²) < 4.78 is 0. The lowest BCUT2D eigenvalue weighted by Crippen LogP contribution is -2.21. The highest BCUT2D eigenvalue weighted by atomic mass is 16.2. The molecule has 2 aromatic rings. The van der Waals surface area contributed by atoms with Gasteiger partial charge in [-0.1, -0.05) is 18.2 Å². The lowest BCUT2D eigenvalue weighted by Gasteiger charge is -2.07. The number of hydrogen-bond donors (Lipinski definition) is 1. The maximum atomic E-state index is 12.3. The van der Waals surface area contributed by atoms with Crippen molar-refractivity contribution in [2.75, 3.05) is 5.32 Å². The van der Waals surface area contributed by atoms with E-state index in [1.54, 1.807) is 30.5 Å². The van der Waals surface area contributed by atoms with E-state index in [-0.39, 0.29) is 11.7 Å². The van der Waals surface area contributed by atoms with E-state index in [0.717, 1.165) is 5.56 Å². The summed E-state index contributed by atoms with van der Waals surface area (Å²) in [6.07, 6.45) is 3.08. The number of rotatable bonds is 2. The van der Waals surface area contributed by atoms with Crippen molar-refractivity contribution >= 4 is 17.4 Å². The molecule has 0 spiro atoms. The lowest BCUT2D eigenvalue weighted by molar-refractivity contribution is -0.116. The van der Waals surface area contributed by atoms with Crippen LogP contribution in [0.25, 0.3) is 0 Å². The normalized spacial score (nSPS) is 17.1. The standard InChI is InChI=1S/C14H10N2O2/c17-13(9-4-3-7-15-8-9)12-10-5-1-2-6-11(10)16-14(12)18/h1-8,12H,(H,16,18). The number of para-hydroxylation sites is 1. The van der Waals surface area contributed by atoms with Crippen molar-refractivity contribution in [3.05, 3.63) is 59.9 Å². The molecule has 1 unspecified atom stereocenters. The van der Waals surface area contributed by atoms with Gasteiger partial charge in [-0.25, -0.2) is 0 Å². The number of Topliss-reactive ketones (excluding diaryl/α,β-unsaturated/α-hetero) is 1. The Kier molecular flexibility index (Phi) is 2.41.